The molecule has 2 aromatic rings. The Labute approximate surface area is 146 Å². The normalized spacial score (nSPS) is 10.8. The van der Waals surface area contributed by atoms with Crippen LogP contribution in [0.4, 0.5) is 0 Å². The van der Waals surface area contributed by atoms with E-state index < -0.39 is 5.97 Å². The minimum atomic E-state index is -1.25. The summed E-state index contributed by atoms with van der Waals surface area (Å²) in [4.78, 5) is 10.9. The second kappa shape index (κ2) is 9.14. The van der Waals surface area contributed by atoms with Crippen LogP contribution in [0.5, 0.6) is 11.5 Å². The zero-order valence-electron chi connectivity index (χ0n) is 13.9. The Hall–Kier alpha value is -3.26. The number of aryl methyl sites for hydroxylation is 1. The number of carbonyl (C=O) groups is 1. The Morgan fingerprint density at radius 2 is 1.80 bits per heavy atom. The highest BCUT2D eigenvalue weighted by molar-refractivity contribution is 5.96. The first kappa shape index (κ1) is 18.1. The molecule has 0 spiro atoms. The van der Waals surface area contributed by atoms with E-state index in [-0.39, 0.29) is 5.57 Å². The van der Waals surface area contributed by atoms with E-state index in [2.05, 4.69) is 6.92 Å². The van der Waals surface area contributed by atoms with E-state index in [1.54, 1.807) is 30.3 Å². The molecule has 0 saturated carbocycles. The van der Waals surface area contributed by atoms with E-state index in [0.717, 1.165) is 12.2 Å². The van der Waals surface area contributed by atoms with Gasteiger partial charge in [-0.05, 0) is 47.9 Å². The zero-order chi connectivity index (χ0) is 18.1. The van der Waals surface area contributed by atoms with Crippen molar-refractivity contribution in [2.75, 3.05) is 13.2 Å². The van der Waals surface area contributed by atoms with Crippen LogP contribution in [0.2, 0.25) is 0 Å². The lowest BCUT2D eigenvalue weighted by molar-refractivity contribution is -0.132. The van der Waals surface area contributed by atoms with Crippen molar-refractivity contribution in [3.05, 3.63) is 65.2 Å². The number of nitrogens with zero attached hydrogens (tertiary/aromatic N) is 1. The lowest BCUT2D eigenvalue weighted by Crippen LogP contribution is -2.09. The molecule has 25 heavy (non-hydrogen) atoms. The van der Waals surface area contributed by atoms with Crippen LogP contribution in [-0.2, 0) is 11.2 Å². The Bertz CT molecular complexity index is 788. The smallest absolute Gasteiger partial charge is 0.346 e. The molecule has 0 aliphatic carbocycles. The molecule has 0 amide bonds. The van der Waals surface area contributed by atoms with Crippen molar-refractivity contribution in [2.45, 2.75) is 13.3 Å². The number of hydrogen-bond acceptors (Lipinski definition) is 4. The highest BCUT2D eigenvalue weighted by Gasteiger charge is 2.06. The van der Waals surface area contributed by atoms with E-state index in [1.807, 2.05) is 24.3 Å². The highest BCUT2D eigenvalue weighted by Crippen LogP contribution is 2.16. The SMILES string of the molecule is CCc1ccc(OCCOc2cccc(C=C(C#N)C(=O)O)c2)cc1. The van der Waals surface area contributed by atoms with E-state index in [4.69, 9.17) is 19.8 Å². The average molecular weight is 337 g/mol. The summed E-state index contributed by atoms with van der Waals surface area (Å²) in [6, 6.07) is 16.5. The summed E-state index contributed by atoms with van der Waals surface area (Å²) in [6.45, 7) is 2.85. The monoisotopic (exact) mass is 337 g/mol. The summed E-state index contributed by atoms with van der Waals surface area (Å²) in [5, 5.41) is 17.7. The minimum absolute atomic E-state index is 0.323. The summed E-state index contributed by atoms with van der Waals surface area (Å²) in [5.74, 6) is 0.121. The van der Waals surface area contributed by atoms with E-state index >= 15 is 0 Å². The summed E-state index contributed by atoms with van der Waals surface area (Å²) in [6.07, 6.45) is 2.30. The molecule has 0 fully saturated rings. The molecule has 2 aromatic carbocycles. The zero-order valence-corrected chi connectivity index (χ0v) is 13.9. The largest absolute Gasteiger partial charge is 0.490 e. The lowest BCUT2D eigenvalue weighted by Gasteiger charge is -2.09. The molecule has 0 radical (unpaired) electrons. The number of aliphatic carboxylic acids is 1. The van der Waals surface area contributed by atoms with E-state index in [0.29, 0.717) is 24.5 Å². The molecule has 0 aliphatic heterocycles. The first-order valence-electron chi connectivity index (χ1n) is 7.92. The van der Waals surface area contributed by atoms with E-state index in [1.165, 1.54) is 11.6 Å². The van der Waals surface area contributed by atoms with Crippen molar-refractivity contribution >= 4 is 12.0 Å². The summed E-state index contributed by atoms with van der Waals surface area (Å²) >= 11 is 0. The second-order valence-corrected chi connectivity index (χ2v) is 5.24. The molecule has 0 unspecified atom stereocenters. The van der Waals surface area contributed by atoms with Gasteiger partial charge in [-0.1, -0.05) is 31.2 Å². The molecule has 5 nitrogen and oxygen atoms in total. The molecule has 0 aliphatic rings. The van der Waals surface area contributed by atoms with Gasteiger partial charge in [0.1, 0.15) is 36.4 Å². The highest BCUT2D eigenvalue weighted by atomic mass is 16.5. The number of rotatable bonds is 8. The Morgan fingerprint density at radius 1 is 1.12 bits per heavy atom. The maximum atomic E-state index is 10.9. The van der Waals surface area contributed by atoms with Crippen molar-refractivity contribution in [1.29, 1.82) is 5.26 Å². The maximum Gasteiger partial charge on any atom is 0.346 e. The van der Waals surface area contributed by atoms with Crippen LogP contribution < -0.4 is 9.47 Å². The Morgan fingerprint density at radius 3 is 2.40 bits per heavy atom. The van der Waals surface area contributed by atoms with Crippen LogP contribution in [0.15, 0.2) is 54.1 Å². The average Bonchev–Trinajstić information content (AvgIpc) is 2.64. The molecule has 1 N–H and O–H groups in total. The minimum Gasteiger partial charge on any atom is -0.490 e. The predicted molar refractivity (Wildman–Crippen MR) is 94.5 cm³/mol. The number of carboxylic acid groups (broad SMARTS) is 1. The molecule has 0 aromatic heterocycles. The van der Waals surface area contributed by atoms with Gasteiger partial charge in [0.25, 0.3) is 0 Å². The van der Waals surface area contributed by atoms with Gasteiger partial charge in [-0.25, -0.2) is 4.79 Å². The van der Waals surface area contributed by atoms with Crippen molar-refractivity contribution in [2.24, 2.45) is 0 Å². The summed E-state index contributed by atoms with van der Waals surface area (Å²) in [7, 11) is 0. The number of hydrogen-bond donors (Lipinski definition) is 1. The fraction of sp³-hybridized carbons (Fsp3) is 0.200. The molecule has 0 saturated heterocycles. The van der Waals surface area contributed by atoms with Crippen LogP contribution >= 0.6 is 0 Å². The maximum absolute atomic E-state index is 10.9. The third kappa shape index (κ3) is 5.70. The van der Waals surface area contributed by atoms with Crippen LogP contribution in [-0.4, -0.2) is 24.3 Å². The Balaban J connectivity index is 1.87. The molecule has 2 rings (SSSR count). The van der Waals surface area contributed by atoms with Gasteiger partial charge >= 0.3 is 5.97 Å². The van der Waals surface area contributed by atoms with Gasteiger partial charge in [-0.2, -0.15) is 5.26 Å². The van der Waals surface area contributed by atoms with Gasteiger partial charge in [0.2, 0.25) is 0 Å². The first-order valence-corrected chi connectivity index (χ1v) is 7.92. The fourth-order valence-corrected chi connectivity index (χ4v) is 2.14. The second-order valence-electron chi connectivity index (χ2n) is 5.24. The van der Waals surface area contributed by atoms with Gasteiger partial charge < -0.3 is 14.6 Å². The fourth-order valence-electron chi connectivity index (χ4n) is 2.14. The molecule has 5 heteroatoms. The standard InChI is InChI=1S/C20H19NO4/c1-2-15-6-8-18(9-7-15)24-10-11-25-19-5-3-4-16(13-19)12-17(14-21)20(22)23/h3-9,12-13H,2,10-11H2,1H3,(H,22,23). The summed E-state index contributed by atoms with van der Waals surface area (Å²) in [5.41, 5.74) is 1.52. The van der Waals surface area contributed by atoms with Crippen LogP contribution in [0.25, 0.3) is 6.08 Å². The third-order valence-electron chi connectivity index (χ3n) is 3.47. The van der Waals surface area contributed by atoms with Crippen molar-refractivity contribution in [1.82, 2.24) is 0 Å². The third-order valence-corrected chi connectivity index (χ3v) is 3.47. The van der Waals surface area contributed by atoms with Gasteiger partial charge in [-0.15, -0.1) is 0 Å². The van der Waals surface area contributed by atoms with Crippen molar-refractivity contribution < 1.29 is 19.4 Å². The summed E-state index contributed by atoms with van der Waals surface area (Å²) < 4.78 is 11.2. The van der Waals surface area contributed by atoms with Gasteiger partial charge in [-0.3, -0.25) is 0 Å². The lowest BCUT2D eigenvalue weighted by atomic mass is 10.1. The number of carboxylic acids is 1. The molecule has 128 valence electrons. The van der Waals surface area contributed by atoms with Crippen LogP contribution in [0, 0.1) is 11.3 Å². The first-order chi connectivity index (χ1) is 12.1. The molecule has 0 heterocycles. The van der Waals surface area contributed by atoms with Crippen LogP contribution in [0.3, 0.4) is 0 Å². The number of nitriles is 1. The number of benzene rings is 2. The molecular weight excluding hydrogens is 318 g/mol. The van der Waals surface area contributed by atoms with Crippen molar-refractivity contribution in [3.63, 3.8) is 0 Å². The van der Waals surface area contributed by atoms with Crippen molar-refractivity contribution in [3.8, 4) is 17.6 Å². The van der Waals surface area contributed by atoms with E-state index in [9.17, 15) is 4.79 Å². The Kier molecular flexibility index (Phi) is 6.61. The predicted octanol–water partition coefficient (Wildman–Crippen LogP) is 3.70. The molecule has 0 atom stereocenters. The number of ether oxygens (including phenoxy) is 2. The quantitative estimate of drug-likeness (QED) is 0.451. The molecule has 0 bridgehead atoms. The van der Waals surface area contributed by atoms with Gasteiger partial charge in [0, 0.05) is 0 Å². The molecular formula is C20H19NO4. The topological polar surface area (TPSA) is 79.5 Å². The van der Waals surface area contributed by atoms with Gasteiger partial charge in [0.05, 0.1) is 0 Å². The van der Waals surface area contributed by atoms with Gasteiger partial charge in [0.15, 0.2) is 0 Å². The van der Waals surface area contributed by atoms with Crippen LogP contribution in [0.1, 0.15) is 18.1 Å².